The maximum atomic E-state index is 2.70. The van der Waals surface area contributed by atoms with Gasteiger partial charge in [0.1, 0.15) is 0 Å². The predicted molar refractivity (Wildman–Crippen MR) is 144 cm³/mol. The van der Waals surface area contributed by atoms with Crippen LogP contribution >= 0.6 is 0 Å². The van der Waals surface area contributed by atoms with Crippen molar-refractivity contribution in [1.82, 2.24) is 0 Å². The number of hydrogen-bond acceptors (Lipinski definition) is 0. The number of unbranched alkanes of at least 4 members (excludes halogenated alkanes) is 1. The van der Waals surface area contributed by atoms with Crippen LogP contribution in [-0.2, 0) is 17.4 Å². The summed E-state index contributed by atoms with van der Waals surface area (Å²) >= 11 is 0. The Kier molecular flexibility index (Phi) is 5.21. The first-order chi connectivity index (χ1) is 16.4. The van der Waals surface area contributed by atoms with Gasteiger partial charge in [-0.2, -0.15) is 4.57 Å². The second-order valence-electron chi connectivity index (χ2n) is 11.9. The normalized spacial score (nSPS) is 29.1. The van der Waals surface area contributed by atoms with Gasteiger partial charge in [0.15, 0.2) is 11.7 Å². The molecule has 2 heterocycles. The molecule has 0 amide bonds. The number of rotatable bonds is 5. The topological polar surface area (TPSA) is 3.88 Å². The maximum absolute atomic E-state index is 2.70. The number of pyridine rings is 1. The summed E-state index contributed by atoms with van der Waals surface area (Å²) in [6, 6.07) is 15.1. The van der Waals surface area contributed by atoms with E-state index in [4.69, 9.17) is 0 Å². The standard InChI is InChI=1S/C33H42N/c1-6-9-10-22-11-16-26-25(19-22)17-18-34-31(26)29-20-27-23-12-14-24(15-13-23)28(27)21-30(29)32(4,7-2)33(34,5)8-3/h11,16-21,23-24H,6-10,12-15H2,1-5H3/q+1. The predicted octanol–water partition coefficient (Wildman–Crippen LogP) is 8.70. The molecule has 7 rings (SSSR count). The average Bonchev–Trinajstić information content (AvgIpc) is 2.89. The molecule has 3 aromatic rings. The molecule has 1 heteroatoms. The number of benzene rings is 2. The van der Waals surface area contributed by atoms with Gasteiger partial charge in [-0.3, -0.25) is 0 Å². The number of aryl methyl sites for hydroxylation is 1. The molecule has 0 spiro atoms. The molecule has 1 aromatic heterocycles. The van der Waals surface area contributed by atoms with Gasteiger partial charge >= 0.3 is 0 Å². The Hall–Kier alpha value is -2.15. The molecule has 34 heavy (non-hydrogen) atoms. The SMILES string of the molecule is CCCCc1ccc2c3[n+](ccc2c1)C(C)(CC)C(C)(CC)c1cc2c(cc1-3)C1CCC2CC1. The largest absolute Gasteiger partial charge is 0.221 e. The lowest BCUT2D eigenvalue weighted by Gasteiger charge is -2.48. The summed E-state index contributed by atoms with van der Waals surface area (Å²) < 4.78 is 2.68. The van der Waals surface area contributed by atoms with Gasteiger partial charge in [-0.05, 0) is 103 Å². The molecule has 178 valence electrons. The average molecular weight is 453 g/mol. The second-order valence-corrected chi connectivity index (χ2v) is 11.9. The summed E-state index contributed by atoms with van der Waals surface area (Å²) in [6.07, 6.45) is 14.0. The van der Waals surface area contributed by atoms with Gasteiger partial charge in [-0.1, -0.05) is 45.4 Å². The molecule has 1 nitrogen and oxygen atoms in total. The van der Waals surface area contributed by atoms with E-state index in [1.165, 1.54) is 72.5 Å². The van der Waals surface area contributed by atoms with Crippen LogP contribution in [0.3, 0.4) is 0 Å². The van der Waals surface area contributed by atoms with Gasteiger partial charge in [0.25, 0.3) is 0 Å². The summed E-state index contributed by atoms with van der Waals surface area (Å²) in [5, 5.41) is 2.84. The van der Waals surface area contributed by atoms with E-state index in [0.29, 0.717) is 0 Å². The lowest BCUT2D eigenvalue weighted by molar-refractivity contribution is -0.764. The molecule has 0 N–H and O–H groups in total. The Balaban J connectivity index is 1.66. The van der Waals surface area contributed by atoms with E-state index in [1.54, 1.807) is 16.7 Å². The fourth-order valence-corrected chi connectivity index (χ4v) is 7.94. The molecule has 1 saturated carbocycles. The van der Waals surface area contributed by atoms with Crippen LogP contribution < -0.4 is 4.57 Å². The fourth-order valence-electron chi connectivity index (χ4n) is 7.94. The van der Waals surface area contributed by atoms with E-state index >= 15 is 0 Å². The van der Waals surface area contributed by atoms with Crippen LogP contribution in [0.2, 0.25) is 0 Å². The highest BCUT2D eigenvalue weighted by molar-refractivity contribution is 5.95. The van der Waals surface area contributed by atoms with Crippen LogP contribution in [0.1, 0.15) is 120 Å². The van der Waals surface area contributed by atoms with Crippen LogP contribution in [0.5, 0.6) is 0 Å². The molecule has 2 aromatic carbocycles. The van der Waals surface area contributed by atoms with Crippen molar-refractivity contribution < 1.29 is 4.57 Å². The number of fused-ring (bicyclic) bond motifs is 7. The fraction of sp³-hybridized carbons (Fsp3) is 0.545. The zero-order valence-electron chi connectivity index (χ0n) is 22.0. The zero-order valence-corrected chi connectivity index (χ0v) is 22.0. The van der Waals surface area contributed by atoms with Crippen molar-refractivity contribution in [2.45, 2.75) is 115 Å². The highest BCUT2D eigenvalue weighted by Crippen LogP contribution is 2.56. The third kappa shape index (κ3) is 2.88. The minimum atomic E-state index is 0.0566. The third-order valence-corrected chi connectivity index (χ3v) is 10.6. The van der Waals surface area contributed by atoms with Gasteiger partial charge in [0.2, 0.25) is 5.69 Å². The third-order valence-electron chi connectivity index (χ3n) is 10.6. The van der Waals surface area contributed by atoms with E-state index in [0.717, 1.165) is 24.7 Å². The summed E-state index contributed by atoms with van der Waals surface area (Å²) in [4.78, 5) is 0. The van der Waals surface area contributed by atoms with Gasteiger partial charge < -0.3 is 0 Å². The molecule has 2 atom stereocenters. The van der Waals surface area contributed by atoms with E-state index in [1.807, 2.05) is 0 Å². The molecule has 2 unspecified atom stereocenters. The zero-order chi connectivity index (χ0) is 23.7. The molecule has 4 aliphatic rings. The number of hydrogen-bond donors (Lipinski definition) is 0. The lowest BCUT2D eigenvalue weighted by Crippen LogP contribution is -2.67. The smallest absolute Gasteiger partial charge is 0.192 e. The first-order valence-corrected chi connectivity index (χ1v) is 14.1. The highest BCUT2D eigenvalue weighted by Gasteiger charge is 2.57. The van der Waals surface area contributed by atoms with Crippen molar-refractivity contribution in [2.24, 2.45) is 0 Å². The van der Waals surface area contributed by atoms with Gasteiger partial charge in [-0.25, -0.2) is 0 Å². The molecule has 1 fully saturated rings. The lowest BCUT2D eigenvalue weighted by atomic mass is 9.58. The van der Waals surface area contributed by atoms with E-state index in [9.17, 15) is 0 Å². The monoisotopic (exact) mass is 452 g/mol. The van der Waals surface area contributed by atoms with Crippen LogP contribution in [0.15, 0.2) is 42.6 Å². The van der Waals surface area contributed by atoms with Crippen molar-refractivity contribution >= 4 is 10.8 Å². The first-order valence-electron chi connectivity index (χ1n) is 14.1. The second kappa shape index (κ2) is 7.94. The van der Waals surface area contributed by atoms with Gasteiger partial charge in [-0.15, -0.1) is 0 Å². The van der Waals surface area contributed by atoms with E-state index in [2.05, 4.69) is 81.8 Å². The van der Waals surface area contributed by atoms with Crippen LogP contribution in [0.4, 0.5) is 0 Å². The van der Waals surface area contributed by atoms with Gasteiger partial charge in [0.05, 0.1) is 16.4 Å². The Labute approximate surface area is 206 Å². The molecule has 0 radical (unpaired) electrons. The maximum Gasteiger partial charge on any atom is 0.221 e. The Morgan fingerprint density at radius 1 is 0.853 bits per heavy atom. The quantitative estimate of drug-likeness (QED) is 0.341. The molecule has 1 aliphatic heterocycles. The summed E-state index contributed by atoms with van der Waals surface area (Å²) in [7, 11) is 0. The summed E-state index contributed by atoms with van der Waals surface area (Å²) in [5.41, 5.74) is 9.65. The Bertz CT molecular complexity index is 1260. The van der Waals surface area contributed by atoms with Crippen molar-refractivity contribution in [2.75, 3.05) is 0 Å². The van der Waals surface area contributed by atoms with E-state index < -0.39 is 0 Å². The van der Waals surface area contributed by atoms with Crippen LogP contribution in [0.25, 0.3) is 22.0 Å². The summed E-state index contributed by atoms with van der Waals surface area (Å²) in [6.45, 7) is 12.2. The van der Waals surface area contributed by atoms with Crippen LogP contribution in [-0.4, -0.2) is 0 Å². The molecular weight excluding hydrogens is 410 g/mol. The minimum Gasteiger partial charge on any atom is -0.192 e. The van der Waals surface area contributed by atoms with Crippen LogP contribution in [0, 0.1) is 0 Å². The van der Waals surface area contributed by atoms with Gasteiger partial charge in [0, 0.05) is 19.4 Å². The first kappa shape index (κ1) is 22.3. The Morgan fingerprint density at radius 2 is 1.56 bits per heavy atom. The Morgan fingerprint density at radius 3 is 2.21 bits per heavy atom. The van der Waals surface area contributed by atoms with Crippen molar-refractivity contribution in [3.05, 3.63) is 64.8 Å². The minimum absolute atomic E-state index is 0.0566. The summed E-state index contributed by atoms with van der Waals surface area (Å²) in [5.74, 6) is 1.57. The molecule has 3 aliphatic carbocycles. The molecular formula is C33H42N+. The highest BCUT2D eigenvalue weighted by atomic mass is 15.1. The van der Waals surface area contributed by atoms with Crippen molar-refractivity contribution in [3.8, 4) is 11.3 Å². The number of nitrogens with zero attached hydrogens (tertiary/aromatic N) is 1. The van der Waals surface area contributed by atoms with Crippen molar-refractivity contribution in [1.29, 1.82) is 0 Å². The molecule has 0 saturated heterocycles. The van der Waals surface area contributed by atoms with Crippen molar-refractivity contribution in [3.63, 3.8) is 0 Å². The van der Waals surface area contributed by atoms with E-state index in [-0.39, 0.29) is 11.0 Å². The molecule has 2 bridgehead atoms. The number of aromatic nitrogens is 1.